The molecular weight excluding hydrogens is 306 g/mol. The Balaban J connectivity index is 1.96. The van der Waals surface area contributed by atoms with Crippen molar-refractivity contribution in [1.82, 2.24) is 5.32 Å². The lowest BCUT2D eigenvalue weighted by Gasteiger charge is -2.04. The molecule has 2 aromatic rings. The molecule has 19 heavy (non-hydrogen) atoms. The van der Waals surface area contributed by atoms with Crippen LogP contribution in [0.2, 0.25) is 0 Å². The molecule has 0 unspecified atom stereocenters. The smallest absolute Gasteiger partial charge is 0.146 e. The summed E-state index contributed by atoms with van der Waals surface area (Å²) < 4.78 is 12.5. The van der Waals surface area contributed by atoms with Crippen LogP contribution in [0.1, 0.15) is 24.0 Å². The quantitative estimate of drug-likeness (QED) is 0.871. The Labute approximate surface area is 122 Å². The van der Waals surface area contributed by atoms with Gasteiger partial charge in [-0.15, -0.1) is 0 Å². The Kier molecular flexibility index (Phi) is 5.05. The van der Waals surface area contributed by atoms with Gasteiger partial charge in [0.1, 0.15) is 23.9 Å². The van der Waals surface area contributed by atoms with Crippen molar-refractivity contribution in [2.24, 2.45) is 0 Å². The van der Waals surface area contributed by atoms with Crippen molar-refractivity contribution < 1.29 is 9.15 Å². The molecule has 102 valence electrons. The number of furan rings is 1. The van der Waals surface area contributed by atoms with Gasteiger partial charge in [-0.2, -0.15) is 0 Å². The van der Waals surface area contributed by atoms with Gasteiger partial charge in [-0.3, -0.25) is 0 Å². The highest BCUT2D eigenvalue weighted by Crippen LogP contribution is 2.20. The molecule has 0 radical (unpaired) electrons. The fourth-order valence-electron chi connectivity index (χ4n) is 1.79. The van der Waals surface area contributed by atoms with E-state index in [1.165, 1.54) is 0 Å². The van der Waals surface area contributed by atoms with E-state index in [0.717, 1.165) is 40.4 Å². The van der Waals surface area contributed by atoms with E-state index < -0.39 is 0 Å². The van der Waals surface area contributed by atoms with Crippen LogP contribution in [0, 0.1) is 6.92 Å². The van der Waals surface area contributed by atoms with Crippen molar-refractivity contribution in [2.75, 3.05) is 6.54 Å². The summed E-state index contributed by atoms with van der Waals surface area (Å²) in [6, 6.07) is 9.82. The van der Waals surface area contributed by atoms with E-state index in [9.17, 15) is 0 Å². The van der Waals surface area contributed by atoms with E-state index in [-0.39, 0.29) is 0 Å². The number of halogens is 1. The summed E-state index contributed by atoms with van der Waals surface area (Å²) in [6.07, 6.45) is 0. The van der Waals surface area contributed by atoms with Gasteiger partial charge in [0, 0.05) is 4.47 Å². The highest BCUT2D eigenvalue weighted by Gasteiger charge is 2.07. The van der Waals surface area contributed by atoms with Crippen LogP contribution < -0.4 is 10.1 Å². The fraction of sp³-hybridized carbons (Fsp3) is 0.333. The predicted octanol–water partition coefficient (Wildman–Crippen LogP) is 4.04. The third-order valence-electron chi connectivity index (χ3n) is 2.78. The lowest BCUT2D eigenvalue weighted by molar-refractivity contribution is 0.265. The van der Waals surface area contributed by atoms with Gasteiger partial charge in [0.05, 0.1) is 6.54 Å². The number of rotatable bonds is 6. The molecule has 0 bridgehead atoms. The van der Waals surface area contributed by atoms with Crippen molar-refractivity contribution >= 4 is 15.9 Å². The lowest BCUT2D eigenvalue weighted by atomic mass is 10.2. The summed E-state index contributed by atoms with van der Waals surface area (Å²) in [6.45, 7) is 6.28. The van der Waals surface area contributed by atoms with Gasteiger partial charge in [0.15, 0.2) is 0 Å². The van der Waals surface area contributed by atoms with E-state index in [4.69, 9.17) is 9.15 Å². The topological polar surface area (TPSA) is 34.4 Å². The zero-order valence-corrected chi connectivity index (χ0v) is 12.8. The Morgan fingerprint density at radius 3 is 2.89 bits per heavy atom. The van der Waals surface area contributed by atoms with Crippen LogP contribution in [0.5, 0.6) is 5.75 Å². The molecule has 0 aliphatic carbocycles. The van der Waals surface area contributed by atoms with Gasteiger partial charge in [0.2, 0.25) is 0 Å². The molecule has 0 aliphatic heterocycles. The molecule has 0 aliphatic rings. The minimum absolute atomic E-state index is 0.448. The molecule has 1 aromatic carbocycles. The highest BCUT2D eigenvalue weighted by atomic mass is 79.9. The molecule has 1 heterocycles. The van der Waals surface area contributed by atoms with Crippen molar-refractivity contribution in [2.45, 2.75) is 27.0 Å². The summed E-state index contributed by atoms with van der Waals surface area (Å²) in [5.41, 5.74) is 1.16. The van der Waals surface area contributed by atoms with Crippen LogP contribution in [0.25, 0.3) is 0 Å². The molecule has 0 saturated heterocycles. The van der Waals surface area contributed by atoms with E-state index in [1.54, 1.807) is 0 Å². The van der Waals surface area contributed by atoms with Gasteiger partial charge in [-0.1, -0.05) is 28.9 Å². The van der Waals surface area contributed by atoms with Gasteiger partial charge >= 0.3 is 0 Å². The molecule has 3 nitrogen and oxygen atoms in total. The largest absolute Gasteiger partial charge is 0.486 e. The first-order valence-corrected chi connectivity index (χ1v) is 7.15. The minimum atomic E-state index is 0.448. The zero-order chi connectivity index (χ0) is 13.7. The number of aryl methyl sites for hydroxylation is 1. The number of ether oxygens (including phenoxy) is 1. The van der Waals surface area contributed by atoms with E-state index >= 15 is 0 Å². The standard InChI is InChI=1S/C15H18BrNO2/c1-3-17-9-15-11(2)7-14(19-15)10-18-13-6-4-5-12(16)8-13/h4-8,17H,3,9-10H2,1-2H3. The summed E-state index contributed by atoms with van der Waals surface area (Å²) in [5.74, 6) is 2.66. The number of hydrogen-bond acceptors (Lipinski definition) is 3. The molecule has 1 aromatic heterocycles. The third kappa shape index (κ3) is 4.11. The van der Waals surface area contributed by atoms with E-state index in [1.807, 2.05) is 30.3 Å². The van der Waals surface area contributed by atoms with Crippen LogP contribution in [-0.4, -0.2) is 6.54 Å². The first kappa shape index (κ1) is 14.2. The van der Waals surface area contributed by atoms with Gasteiger partial charge in [-0.05, 0) is 43.3 Å². The lowest BCUT2D eigenvalue weighted by Crippen LogP contribution is -2.11. The SMILES string of the molecule is CCNCc1oc(COc2cccc(Br)c2)cc1C. The second-order valence-corrected chi connectivity index (χ2v) is 5.26. The second kappa shape index (κ2) is 6.78. The molecule has 4 heteroatoms. The van der Waals surface area contributed by atoms with Crippen LogP contribution in [0.3, 0.4) is 0 Å². The molecule has 0 saturated carbocycles. The van der Waals surface area contributed by atoms with Crippen LogP contribution in [0.4, 0.5) is 0 Å². The molecule has 2 rings (SSSR count). The first-order chi connectivity index (χ1) is 9.19. The average Bonchev–Trinajstić information content (AvgIpc) is 2.75. The molecule has 1 N–H and O–H groups in total. The maximum Gasteiger partial charge on any atom is 0.146 e. The summed E-state index contributed by atoms with van der Waals surface area (Å²) in [7, 11) is 0. The molecular formula is C15H18BrNO2. The predicted molar refractivity (Wildman–Crippen MR) is 79.3 cm³/mol. The Morgan fingerprint density at radius 2 is 2.16 bits per heavy atom. The monoisotopic (exact) mass is 323 g/mol. The fourth-order valence-corrected chi connectivity index (χ4v) is 2.16. The zero-order valence-electron chi connectivity index (χ0n) is 11.2. The van der Waals surface area contributed by atoms with Gasteiger partial charge < -0.3 is 14.5 Å². The Hall–Kier alpha value is -1.26. The van der Waals surface area contributed by atoms with Crippen LogP contribution in [0.15, 0.2) is 39.2 Å². The normalized spacial score (nSPS) is 10.7. The van der Waals surface area contributed by atoms with E-state index in [0.29, 0.717) is 6.61 Å². The molecule has 0 fully saturated rings. The Bertz CT molecular complexity index is 537. The number of nitrogens with one attached hydrogen (secondary N) is 1. The van der Waals surface area contributed by atoms with Gasteiger partial charge in [-0.25, -0.2) is 0 Å². The van der Waals surface area contributed by atoms with Crippen molar-refractivity contribution in [3.05, 3.63) is 51.9 Å². The number of benzene rings is 1. The maximum atomic E-state index is 5.77. The first-order valence-electron chi connectivity index (χ1n) is 6.36. The van der Waals surface area contributed by atoms with Gasteiger partial charge in [0.25, 0.3) is 0 Å². The van der Waals surface area contributed by atoms with Crippen molar-refractivity contribution in [3.8, 4) is 5.75 Å². The summed E-state index contributed by atoms with van der Waals surface area (Å²) in [5, 5.41) is 3.26. The van der Waals surface area contributed by atoms with Crippen LogP contribution >= 0.6 is 15.9 Å². The van der Waals surface area contributed by atoms with Crippen molar-refractivity contribution in [1.29, 1.82) is 0 Å². The second-order valence-electron chi connectivity index (χ2n) is 4.35. The minimum Gasteiger partial charge on any atom is -0.486 e. The highest BCUT2D eigenvalue weighted by molar-refractivity contribution is 9.10. The average molecular weight is 324 g/mol. The molecule has 0 spiro atoms. The summed E-state index contributed by atoms with van der Waals surface area (Å²) in [4.78, 5) is 0. The van der Waals surface area contributed by atoms with Crippen LogP contribution in [-0.2, 0) is 13.2 Å². The maximum absolute atomic E-state index is 5.77. The Morgan fingerprint density at radius 1 is 1.32 bits per heavy atom. The molecule has 0 atom stereocenters. The van der Waals surface area contributed by atoms with E-state index in [2.05, 4.69) is 35.1 Å². The van der Waals surface area contributed by atoms with Crippen molar-refractivity contribution in [3.63, 3.8) is 0 Å². The molecule has 0 amide bonds. The summed E-state index contributed by atoms with van der Waals surface area (Å²) >= 11 is 3.42. The number of hydrogen-bond donors (Lipinski definition) is 1. The third-order valence-corrected chi connectivity index (χ3v) is 3.28.